The van der Waals surface area contributed by atoms with Crippen LogP contribution < -0.4 is 10.1 Å². The molecule has 7 rings (SSSR count). The first kappa shape index (κ1) is 27.6. The lowest BCUT2D eigenvalue weighted by Gasteiger charge is -2.15. The normalized spacial score (nSPS) is 11.9. The average Bonchev–Trinajstić information content (AvgIpc) is 3.69. The number of hydrogen-bond donors (Lipinski definition) is 0. The van der Waals surface area contributed by atoms with E-state index in [1.54, 1.807) is 23.5 Å². The van der Waals surface area contributed by atoms with Gasteiger partial charge in [0.05, 0.1) is 39.1 Å². The average molecular weight is 596 g/mol. The van der Waals surface area contributed by atoms with Gasteiger partial charge in [-0.3, -0.25) is 4.79 Å². The molecule has 7 heteroatoms. The number of nitrogens with zero attached hydrogens (tertiary/aromatic N) is 3. The number of rotatable bonds is 6. The quantitative estimate of drug-likeness (QED) is 0.188. The summed E-state index contributed by atoms with van der Waals surface area (Å²) >= 11 is 1.40. The van der Waals surface area contributed by atoms with Crippen LogP contribution in [0.3, 0.4) is 0 Å². The number of thiazole rings is 1. The molecule has 0 bridgehead atoms. The zero-order chi connectivity index (χ0) is 30.4. The molecule has 0 atom stereocenters. The maximum Gasteiger partial charge on any atom is 0.338 e. The van der Waals surface area contributed by atoms with E-state index in [1.807, 2.05) is 66.7 Å². The molecule has 4 aromatic carbocycles. The van der Waals surface area contributed by atoms with Gasteiger partial charge in [-0.1, -0.05) is 72.0 Å². The third-order valence-electron chi connectivity index (χ3n) is 7.92. The molecule has 0 unspecified atom stereocenters. The summed E-state index contributed by atoms with van der Waals surface area (Å²) in [6.07, 6.45) is 1.98. The largest absolute Gasteiger partial charge is 0.462 e. The Hall–Kier alpha value is -5.27. The third-order valence-corrected chi connectivity index (χ3v) is 8.89. The van der Waals surface area contributed by atoms with Gasteiger partial charge in [-0.15, -0.1) is 0 Å². The van der Waals surface area contributed by atoms with Gasteiger partial charge in [0, 0.05) is 11.3 Å². The van der Waals surface area contributed by atoms with Gasteiger partial charge in [0.15, 0.2) is 4.96 Å². The number of carbonyl (C=O) groups is 1. The molecule has 216 valence electrons. The molecule has 0 saturated heterocycles. The van der Waals surface area contributed by atoms with Crippen LogP contribution in [0.4, 0.5) is 0 Å². The van der Waals surface area contributed by atoms with Crippen molar-refractivity contribution < 1.29 is 9.53 Å². The van der Waals surface area contributed by atoms with E-state index in [-0.39, 0.29) is 11.5 Å². The van der Waals surface area contributed by atoms with Crippen LogP contribution in [-0.4, -0.2) is 26.5 Å². The van der Waals surface area contributed by atoms with Gasteiger partial charge in [0.25, 0.3) is 5.56 Å². The van der Waals surface area contributed by atoms with E-state index in [2.05, 4.69) is 48.7 Å². The number of aryl methyl sites for hydroxylation is 2. The smallest absolute Gasteiger partial charge is 0.338 e. The number of imidazole rings is 1. The van der Waals surface area contributed by atoms with Gasteiger partial charge in [0.1, 0.15) is 0 Å². The number of benzene rings is 4. The summed E-state index contributed by atoms with van der Waals surface area (Å²) in [5.41, 5.74) is 10.1. The Morgan fingerprint density at radius 3 is 2.20 bits per heavy atom. The topological polar surface area (TPSA) is 65.6 Å². The van der Waals surface area contributed by atoms with Crippen molar-refractivity contribution in [2.45, 2.75) is 20.8 Å². The number of ether oxygens (including phenoxy) is 1. The maximum absolute atomic E-state index is 13.9. The van der Waals surface area contributed by atoms with Gasteiger partial charge in [-0.05, 0) is 91.6 Å². The first-order valence-electron chi connectivity index (χ1n) is 14.5. The molecule has 3 aromatic heterocycles. The summed E-state index contributed by atoms with van der Waals surface area (Å²) in [5, 5.41) is 0. The zero-order valence-electron chi connectivity index (χ0n) is 24.6. The van der Waals surface area contributed by atoms with Gasteiger partial charge >= 0.3 is 5.97 Å². The van der Waals surface area contributed by atoms with Crippen molar-refractivity contribution in [1.82, 2.24) is 14.0 Å². The highest BCUT2D eigenvalue weighted by Crippen LogP contribution is 2.36. The van der Waals surface area contributed by atoms with E-state index in [0.29, 0.717) is 21.7 Å². The van der Waals surface area contributed by atoms with E-state index >= 15 is 0 Å². The highest BCUT2D eigenvalue weighted by atomic mass is 32.1. The number of carbonyl (C=O) groups excluding carboxylic acids is 1. The number of fused-ring (bicyclic) bond motifs is 3. The van der Waals surface area contributed by atoms with Crippen LogP contribution in [-0.2, 0) is 4.74 Å². The lowest BCUT2D eigenvalue weighted by atomic mass is 10.1. The molecule has 0 aliphatic heterocycles. The minimum atomic E-state index is -0.351. The summed E-state index contributed by atoms with van der Waals surface area (Å²) in [5.74, 6) is -0.351. The highest BCUT2D eigenvalue weighted by Gasteiger charge is 2.20. The Labute approximate surface area is 258 Å². The van der Waals surface area contributed by atoms with Crippen molar-refractivity contribution >= 4 is 39.4 Å². The third kappa shape index (κ3) is 4.71. The predicted molar refractivity (Wildman–Crippen MR) is 178 cm³/mol. The molecule has 3 heterocycles. The van der Waals surface area contributed by atoms with Gasteiger partial charge in [0.2, 0.25) is 0 Å². The minimum Gasteiger partial charge on any atom is -0.462 e. The molecule has 7 aromatic rings. The van der Waals surface area contributed by atoms with Gasteiger partial charge in [-0.25, -0.2) is 14.2 Å². The van der Waals surface area contributed by atoms with E-state index in [0.717, 1.165) is 55.9 Å². The van der Waals surface area contributed by atoms with Crippen LogP contribution in [0.15, 0.2) is 108 Å². The first-order valence-corrected chi connectivity index (χ1v) is 15.3. The fraction of sp³-hybridized carbons (Fsp3) is 0.108. The lowest BCUT2D eigenvalue weighted by Crippen LogP contribution is -2.22. The SMILES string of the molecule is CCOC(=O)c1ccc(-n2c(-c3ccccc3)cc(/C=c3/sc4nc5cc(C)c(C)cc5n4c3=O)c2-c2ccccc2)cc1. The predicted octanol–water partition coefficient (Wildman–Crippen LogP) is 7.38. The second-order valence-electron chi connectivity index (χ2n) is 10.7. The summed E-state index contributed by atoms with van der Waals surface area (Å²) in [6, 6.07) is 34.0. The minimum absolute atomic E-state index is 0.0810. The molecular formula is C37H29N3O3S. The van der Waals surface area contributed by atoms with Crippen molar-refractivity contribution in [3.63, 3.8) is 0 Å². The number of hydrogen-bond acceptors (Lipinski definition) is 5. The molecule has 0 N–H and O–H groups in total. The van der Waals surface area contributed by atoms with E-state index in [9.17, 15) is 9.59 Å². The summed E-state index contributed by atoms with van der Waals surface area (Å²) in [6.45, 7) is 6.23. The molecule has 44 heavy (non-hydrogen) atoms. The summed E-state index contributed by atoms with van der Waals surface area (Å²) < 4.78 is 9.74. The standard InChI is InChI=1S/C37H29N3O3S/c1-4-43-36(42)27-15-17-29(18-16-27)39-31(25-11-7-5-8-12-25)21-28(34(39)26-13-9-6-10-14-26)22-33-35(41)40-32-20-24(3)23(2)19-30(32)38-37(40)44-33/h5-22H,4H2,1-3H3/b33-22+. The van der Waals surface area contributed by atoms with Gasteiger partial charge in [-0.2, -0.15) is 0 Å². The Morgan fingerprint density at radius 2 is 1.52 bits per heavy atom. The molecule has 0 saturated carbocycles. The summed E-state index contributed by atoms with van der Waals surface area (Å²) in [7, 11) is 0. The molecule has 0 fully saturated rings. The molecule has 0 spiro atoms. The van der Waals surface area contributed by atoms with Crippen molar-refractivity contribution in [3.8, 4) is 28.2 Å². The van der Waals surface area contributed by atoms with Gasteiger partial charge < -0.3 is 9.30 Å². The van der Waals surface area contributed by atoms with E-state index < -0.39 is 0 Å². The van der Waals surface area contributed by atoms with Crippen molar-refractivity contribution in [1.29, 1.82) is 0 Å². The first-order chi connectivity index (χ1) is 21.4. The van der Waals surface area contributed by atoms with Crippen LogP contribution in [0.2, 0.25) is 0 Å². The van der Waals surface area contributed by atoms with Crippen LogP contribution in [0.5, 0.6) is 0 Å². The highest BCUT2D eigenvalue weighted by molar-refractivity contribution is 7.15. The van der Waals surface area contributed by atoms with Crippen LogP contribution in [0.25, 0.3) is 50.3 Å². The monoisotopic (exact) mass is 595 g/mol. The van der Waals surface area contributed by atoms with E-state index in [1.165, 1.54) is 11.3 Å². The number of aromatic nitrogens is 3. The Morgan fingerprint density at radius 1 is 0.864 bits per heavy atom. The Bertz CT molecular complexity index is 2280. The van der Waals surface area contributed by atoms with Crippen LogP contribution >= 0.6 is 11.3 Å². The van der Waals surface area contributed by atoms with Crippen LogP contribution in [0, 0.1) is 13.8 Å². The summed E-state index contributed by atoms with van der Waals surface area (Å²) in [4.78, 5) is 31.8. The fourth-order valence-corrected chi connectivity index (χ4v) is 6.62. The van der Waals surface area contributed by atoms with Crippen molar-refractivity contribution in [2.75, 3.05) is 6.61 Å². The lowest BCUT2D eigenvalue weighted by molar-refractivity contribution is 0.0526. The van der Waals surface area contributed by atoms with Crippen LogP contribution in [0.1, 0.15) is 34.0 Å². The Balaban J connectivity index is 1.50. The molecule has 6 nitrogen and oxygen atoms in total. The number of esters is 1. The second kappa shape index (κ2) is 11.1. The molecular weight excluding hydrogens is 566 g/mol. The fourth-order valence-electron chi connectivity index (χ4n) is 5.64. The molecule has 0 aliphatic rings. The Kier molecular flexibility index (Phi) is 6.95. The van der Waals surface area contributed by atoms with Crippen molar-refractivity contribution in [3.05, 3.63) is 140 Å². The second-order valence-corrected chi connectivity index (χ2v) is 11.7. The van der Waals surface area contributed by atoms with Crippen molar-refractivity contribution in [2.24, 2.45) is 0 Å². The molecule has 0 radical (unpaired) electrons. The maximum atomic E-state index is 13.9. The molecule has 0 amide bonds. The van der Waals surface area contributed by atoms with E-state index in [4.69, 9.17) is 9.72 Å². The molecule has 0 aliphatic carbocycles. The zero-order valence-corrected chi connectivity index (χ0v) is 25.4.